The molecule has 2 unspecified atom stereocenters. The number of carboxylic acids is 1. The normalized spacial score (nSPS) is 21.6. The predicted molar refractivity (Wildman–Crippen MR) is 81.7 cm³/mol. The Morgan fingerprint density at radius 2 is 2.23 bits per heavy atom. The molecule has 1 amide bonds. The van der Waals surface area contributed by atoms with Gasteiger partial charge in [0.25, 0.3) is 5.91 Å². The highest BCUT2D eigenvalue weighted by atomic mass is 32.2. The molecule has 0 radical (unpaired) electrons. The van der Waals surface area contributed by atoms with Crippen molar-refractivity contribution in [2.24, 2.45) is 0 Å². The summed E-state index contributed by atoms with van der Waals surface area (Å²) in [5, 5.41) is 20.9. The number of ether oxygens (including phenoxy) is 1. The molecule has 0 bridgehead atoms. The van der Waals surface area contributed by atoms with Gasteiger partial charge >= 0.3 is 5.97 Å². The monoisotopic (exact) mass is 320 g/mol. The van der Waals surface area contributed by atoms with E-state index in [1.54, 1.807) is 24.3 Å². The maximum atomic E-state index is 12.2. The molecule has 0 aromatic heterocycles. The Labute approximate surface area is 132 Å². The molecule has 1 saturated heterocycles. The van der Waals surface area contributed by atoms with E-state index in [1.165, 1.54) is 18.7 Å². The van der Waals surface area contributed by atoms with Crippen LogP contribution < -0.4 is 10.1 Å². The van der Waals surface area contributed by atoms with Crippen LogP contribution in [0.1, 0.15) is 18.9 Å². The Morgan fingerprint density at radius 1 is 1.50 bits per heavy atom. The predicted octanol–water partition coefficient (Wildman–Crippen LogP) is 1.40. The van der Waals surface area contributed by atoms with Crippen LogP contribution in [0.4, 0.5) is 0 Å². The van der Waals surface area contributed by atoms with Crippen molar-refractivity contribution in [1.82, 2.24) is 5.32 Å². The summed E-state index contributed by atoms with van der Waals surface area (Å²) in [5.41, 5.74) is -0.903. The summed E-state index contributed by atoms with van der Waals surface area (Å²) in [5.74, 6) is -0.194. The van der Waals surface area contributed by atoms with E-state index >= 15 is 0 Å². The molecular formula is C15H16N2O4S. The van der Waals surface area contributed by atoms with E-state index in [4.69, 9.17) is 10.00 Å². The fourth-order valence-electron chi connectivity index (χ4n) is 2.13. The fourth-order valence-corrected chi connectivity index (χ4v) is 3.45. The van der Waals surface area contributed by atoms with Crippen molar-refractivity contribution < 1.29 is 19.4 Å². The van der Waals surface area contributed by atoms with Crippen LogP contribution in [0.25, 0.3) is 0 Å². The SMILES string of the molecule is CC(Oc1ccccc1C#N)C(=O)NC1(C(=O)O)CCSC1. The van der Waals surface area contributed by atoms with Gasteiger partial charge in [0.05, 0.1) is 5.56 Å². The molecule has 0 saturated carbocycles. The van der Waals surface area contributed by atoms with Crippen LogP contribution in [0.5, 0.6) is 5.75 Å². The zero-order valence-electron chi connectivity index (χ0n) is 12.0. The minimum atomic E-state index is -1.23. The molecule has 1 aromatic rings. The van der Waals surface area contributed by atoms with Crippen LogP contribution >= 0.6 is 11.8 Å². The molecule has 2 N–H and O–H groups in total. The second kappa shape index (κ2) is 6.71. The largest absolute Gasteiger partial charge is 0.480 e. The maximum absolute atomic E-state index is 12.2. The number of carboxylic acid groups (broad SMARTS) is 1. The highest BCUT2D eigenvalue weighted by Gasteiger charge is 2.44. The summed E-state index contributed by atoms with van der Waals surface area (Å²) in [7, 11) is 0. The molecule has 6 nitrogen and oxygen atoms in total. The van der Waals surface area contributed by atoms with Crippen molar-refractivity contribution in [3.05, 3.63) is 29.8 Å². The minimum absolute atomic E-state index is 0.304. The number of thioether (sulfide) groups is 1. The molecule has 1 fully saturated rings. The number of carbonyl (C=O) groups is 2. The third kappa shape index (κ3) is 3.34. The third-order valence-electron chi connectivity index (χ3n) is 3.47. The molecule has 0 spiro atoms. The lowest BCUT2D eigenvalue weighted by molar-refractivity contribution is -0.147. The van der Waals surface area contributed by atoms with E-state index in [1.807, 2.05) is 6.07 Å². The van der Waals surface area contributed by atoms with Gasteiger partial charge in [-0.05, 0) is 31.2 Å². The zero-order valence-corrected chi connectivity index (χ0v) is 12.9. The molecule has 1 aliphatic heterocycles. The van der Waals surface area contributed by atoms with E-state index in [0.29, 0.717) is 29.2 Å². The third-order valence-corrected chi connectivity index (χ3v) is 4.66. The van der Waals surface area contributed by atoms with Gasteiger partial charge in [0.1, 0.15) is 17.4 Å². The summed E-state index contributed by atoms with van der Waals surface area (Å²) in [6.07, 6.45) is -0.503. The first kappa shape index (κ1) is 16.2. The van der Waals surface area contributed by atoms with Gasteiger partial charge < -0.3 is 15.2 Å². The van der Waals surface area contributed by atoms with E-state index < -0.39 is 23.5 Å². The molecule has 116 valence electrons. The van der Waals surface area contributed by atoms with E-state index in [9.17, 15) is 14.7 Å². The van der Waals surface area contributed by atoms with E-state index in [0.717, 1.165) is 0 Å². The Bertz CT molecular complexity index is 620. The molecule has 7 heteroatoms. The smallest absolute Gasteiger partial charge is 0.330 e. The average molecular weight is 320 g/mol. The summed E-state index contributed by atoms with van der Waals surface area (Å²) in [6, 6.07) is 8.57. The van der Waals surface area contributed by atoms with Crippen LogP contribution in [0.2, 0.25) is 0 Å². The lowest BCUT2D eigenvalue weighted by atomic mass is 9.99. The van der Waals surface area contributed by atoms with Crippen molar-refractivity contribution in [3.63, 3.8) is 0 Å². The van der Waals surface area contributed by atoms with Gasteiger partial charge in [-0.2, -0.15) is 17.0 Å². The van der Waals surface area contributed by atoms with Gasteiger partial charge in [0.2, 0.25) is 0 Å². The van der Waals surface area contributed by atoms with Crippen LogP contribution in [-0.2, 0) is 9.59 Å². The second-order valence-corrected chi connectivity index (χ2v) is 6.15. The van der Waals surface area contributed by atoms with Crippen LogP contribution in [0, 0.1) is 11.3 Å². The van der Waals surface area contributed by atoms with Crippen molar-refractivity contribution in [2.45, 2.75) is 25.0 Å². The first-order valence-corrected chi connectivity index (χ1v) is 7.93. The lowest BCUT2D eigenvalue weighted by Gasteiger charge is -2.26. The number of carbonyl (C=O) groups excluding carboxylic acids is 1. The highest BCUT2D eigenvalue weighted by molar-refractivity contribution is 7.99. The number of hydrogen-bond acceptors (Lipinski definition) is 5. The first-order chi connectivity index (χ1) is 10.5. The number of para-hydroxylation sites is 1. The molecule has 2 rings (SSSR count). The van der Waals surface area contributed by atoms with Gasteiger partial charge in [0.15, 0.2) is 6.10 Å². The Morgan fingerprint density at radius 3 is 2.82 bits per heavy atom. The molecule has 1 heterocycles. The van der Waals surface area contributed by atoms with Crippen molar-refractivity contribution in [2.75, 3.05) is 11.5 Å². The maximum Gasteiger partial charge on any atom is 0.330 e. The fraction of sp³-hybridized carbons (Fsp3) is 0.400. The molecule has 0 aliphatic carbocycles. The zero-order chi connectivity index (χ0) is 16.2. The number of benzene rings is 1. The Balaban J connectivity index is 2.06. The lowest BCUT2D eigenvalue weighted by Crippen LogP contribution is -2.57. The number of nitriles is 1. The number of rotatable bonds is 5. The van der Waals surface area contributed by atoms with Crippen molar-refractivity contribution in [1.29, 1.82) is 5.26 Å². The summed E-state index contributed by atoms with van der Waals surface area (Å²) < 4.78 is 5.50. The van der Waals surface area contributed by atoms with Gasteiger partial charge in [-0.3, -0.25) is 4.79 Å². The van der Waals surface area contributed by atoms with E-state index in [-0.39, 0.29) is 0 Å². The molecule has 22 heavy (non-hydrogen) atoms. The van der Waals surface area contributed by atoms with Crippen molar-refractivity contribution in [3.8, 4) is 11.8 Å². The molecular weight excluding hydrogens is 304 g/mol. The molecule has 2 atom stereocenters. The minimum Gasteiger partial charge on any atom is -0.480 e. The van der Waals surface area contributed by atoms with Gasteiger partial charge in [0, 0.05) is 5.75 Å². The number of nitrogens with one attached hydrogen (secondary N) is 1. The summed E-state index contributed by atoms with van der Waals surface area (Å²) >= 11 is 1.49. The second-order valence-electron chi connectivity index (χ2n) is 5.05. The van der Waals surface area contributed by atoms with Crippen molar-refractivity contribution >= 4 is 23.6 Å². The topological polar surface area (TPSA) is 99.4 Å². The van der Waals surface area contributed by atoms with Gasteiger partial charge in [-0.25, -0.2) is 4.79 Å². The van der Waals surface area contributed by atoms with Crippen LogP contribution in [0.15, 0.2) is 24.3 Å². The molecule has 1 aromatic carbocycles. The quantitative estimate of drug-likeness (QED) is 0.851. The van der Waals surface area contributed by atoms with Crippen LogP contribution in [0.3, 0.4) is 0 Å². The van der Waals surface area contributed by atoms with Crippen LogP contribution in [-0.4, -0.2) is 40.1 Å². The van der Waals surface area contributed by atoms with Gasteiger partial charge in [-0.15, -0.1) is 0 Å². The molecule has 1 aliphatic rings. The summed E-state index contributed by atoms with van der Waals surface area (Å²) in [6.45, 7) is 1.53. The summed E-state index contributed by atoms with van der Waals surface area (Å²) in [4.78, 5) is 23.6. The standard InChI is InChI=1S/C15H16N2O4S/c1-10(21-12-5-3-2-4-11(12)8-16)13(18)17-15(14(19)20)6-7-22-9-15/h2-5,10H,6-7,9H2,1H3,(H,17,18)(H,19,20). The number of amides is 1. The Kier molecular flexibility index (Phi) is 4.93. The first-order valence-electron chi connectivity index (χ1n) is 6.77. The number of aliphatic carboxylic acids is 1. The number of nitrogens with zero attached hydrogens (tertiary/aromatic N) is 1. The number of hydrogen-bond donors (Lipinski definition) is 2. The highest BCUT2D eigenvalue weighted by Crippen LogP contribution is 2.28. The van der Waals surface area contributed by atoms with E-state index in [2.05, 4.69) is 5.32 Å². The van der Waals surface area contributed by atoms with Gasteiger partial charge in [-0.1, -0.05) is 12.1 Å². The average Bonchev–Trinajstić information content (AvgIpc) is 2.97. The Hall–Kier alpha value is -2.20.